The van der Waals surface area contributed by atoms with Gasteiger partial charge in [0.05, 0.1) is 12.6 Å². The smallest absolute Gasteiger partial charge is 0.236 e. The Kier molecular flexibility index (Phi) is 7.01. The number of benzene rings is 2. The number of nitrogens with zero attached hydrogens (tertiary/aromatic N) is 3. The normalized spacial score (nSPS) is 16.7. The molecule has 0 spiro atoms. The third-order valence-electron chi connectivity index (χ3n) is 5.24. The van der Waals surface area contributed by atoms with Crippen LogP contribution < -0.4 is 0 Å². The third-order valence-corrected chi connectivity index (χ3v) is 5.24. The second-order valence-corrected chi connectivity index (χ2v) is 7.22. The zero-order valence-corrected chi connectivity index (χ0v) is 16.7. The zero-order valence-electron chi connectivity index (χ0n) is 15.8. The summed E-state index contributed by atoms with van der Waals surface area (Å²) in [7, 11) is 3.80. The number of carbonyl (C=O) groups is 1. The van der Waals surface area contributed by atoms with Crippen LogP contribution in [0.4, 0.5) is 0 Å². The van der Waals surface area contributed by atoms with Crippen LogP contribution in [-0.4, -0.2) is 49.4 Å². The topological polar surface area (TPSA) is 47.3 Å². The molecule has 1 amide bonds. The average Bonchev–Trinajstić information content (AvgIpc) is 3.15. The molecule has 142 valence electrons. The second-order valence-electron chi connectivity index (χ2n) is 7.22. The molecule has 1 saturated heterocycles. The van der Waals surface area contributed by atoms with E-state index in [1.165, 1.54) is 0 Å². The van der Waals surface area contributed by atoms with Crippen molar-refractivity contribution < 1.29 is 4.79 Å². The van der Waals surface area contributed by atoms with Crippen molar-refractivity contribution in [1.82, 2.24) is 9.80 Å². The first-order valence-electron chi connectivity index (χ1n) is 9.02. The Hall–Kier alpha value is -2.35. The van der Waals surface area contributed by atoms with Gasteiger partial charge in [-0.25, -0.2) is 0 Å². The molecule has 1 unspecified atom stereocenters. The quantitative estimate of drug-likeness (QED) is 0.795. The van der Waals surface area contributed by atoms with E-state index in [0.29, 0.717) is 19.6 Å². The lowest BCUT2D eigenvalue weighted by Crippen LogP contribution is -2.40. The minimum absolute atomic E-state index is 0. The van der Waals surface area contributed by atoms with Crippen LogP contribution in [0.2, 0.25) is 0 Å². The first-order valence-corrected chi connectivity index (χ1v) is 9.02. The molecule has 0 bridgehead atoms. The van der Waals surface area contributed by atoms with E-state index < -0.39 is 5.41 Å². The Labute approximate surface area is 167 Å². The van der Waals surface area contributed by atoms with Gasteiger partial charge in [-0.2, -0.15) is 5.26 Å². The summed E-state index contributed by atoms with van der Waals surface area (Å²) >= 11 is 0. The van der Waals surface area contributed by atoms with Gasteiger partial charge in [0.15, 0.2) is 0 Å². The van der Waals surface area contributed by atoms with Gasteiger partial charge >= 0.3 is 0 Å². The predicted octanol–water partition coefficient (Wildman–Crippen LogP) is 3.33. The number of likely N-dealkylation sites (N-methyl/N-ethyl adjacent to an activating group) is 1. The van der Waals surface area contributed by atoms with Crippen molar-refractivity contribution in [2.45, 2.75) is 11.8 Å². The molecule has 1 fully saturated rings. The molecule has 2 aromatic carbocycles. The standard InChI is InChI=1S/C22H25N3O.ClH/c1-24(2)16-21(26)25-14-13-20(15-25)22(17-23,18-9-5-3-6-10-18)19-11-7-4-8-12-19;/h3-12,20H,13-16H2,1-2H3;1H. The summed E-state index contributed by atoms with van der Waals surface area (Å²) < 4.78 is 0. The fourth-order valence-corrected chi connectivity index (χ4v) is 3.97. The highest BCUT2D eigenvalue weighted by molar-refractivity contribution is 5.85. The van der Waals surface area contributed by atoms with Crippen molar-refractivity contribution in [1.29, 1.82) is 5.26 Å². The fraction of sp³-hybridized carbons (Fsp3) is 0.364. The molecule has 0 radical (unpaired) electrons. The Morgan fingerprint density at radius 2 is 1.63 bits per heavy atom. The summed E-state index contributed by atoms with van der Waals surface area (Å²) in [6, 6.07) is 22.6. The lowest BCUT2D eigenvalue weighted by Gasteiger charge is -2.34. The van der Waals surface area contributed by atoms with Crippen LogP contribution in [0.1, 0.15) is 17.5 Å². The average molecular weight is 384 g/mol. The number of halogens is 1. The fourth-order valence-electron chi connectivity index (χ4n) is 3.97. The van der Waals surface area contributed by atoms with E-state index in [1.807, 2.05) is 84.6 Å². The number of likely N-dealkylation sites (tertiary alicyclic amines) is 1. The number of carbonyl (C=O) groups excluding carboxylic acids is 1. The van der Waals surface area contributed by atoms with Crippen LogP contribution in [0.5, 0.6) is 0 Å². The highest BCUT2D eigenvalue weighted by atomic mass is 35.5. The molecule has 1 aliphatic heterocycles. The Morgan fingerprint density at radius 3 is 2.07 bits per heavy atom. The van der Waals surface area contributed by atoms with Gasteiger partial charge in [0.2, 0.25) is 5.91 Å². The number of amides is 1. The minimum Gasteiger partial charge on any atom is -0.341 e. The van der Waals surface area contributed by atoms with Crippen LogP contribution in [0, 0.1) is 17.2 Å². The van der Waals surface area contributed by atoms with Gasteiger partial charge < -0.3 is 9.80 Å². The first-order chi connectivity index (χ1) is 12.6. The van der Waals surface area contributed by atoms with E-state index >= 15 is 0 Å². The molecule has 5 heteroatoms. The van der Waals surface area contributed by atoms with Gasteiger partial charge in [0, 0.05) is 19.0 Å². The molecule has 1 heterocycles. The SMILES string of the molecule is CN(C)CC(=O)N1CCC(C(C#N)(c2ccccc2)c2ccccc2)C1.Cl. The summed E-state index contributed by atoms with van der Waals surface area (Å²) in [5, 5.41) is 10.4. The number of hydrogen-bond acceptors (Lipinski definition) is 3. The monoisotopic (exact) mass is 383 g/mol. The van der Waals surface area contributed by atoms with Gasteiger partial charge in [-0.3, -0.25) is 4.79 Å². The maximum atomic E-state index is 12.5. The van der Waals surface area contributed by atoms with Crippen LogP contribution in [0.25, 0.3) is 0 Å². The van der Waals surface area contributed by atoms with Crippen LogP contribution in [-0.2, 0) is 10.2 Å². The van der Waals surface area contributed by atoms with Gasteiger partial charge in [-0.05, 0) is 31.6 Å². The maximum absolute atomic E-state index is 12.5. The molecule has 1 aliphatic rings. The molecule has 3 rings (SSSR count). The zero-order chi connectivity index (χ0) is 18.6. The van der Waals surface area contributed by atoms with Gasteiger partial charge in [0.25, 0.3) is 0 Å². The first kappa shape index (κ1) is 21.0. The van der Waals surface area contributed by atoms with Crippen LogP contribution in [0.15, 0.2) is 60.7 Å². The molecular formula is C22H26ClN3O. The van der Waals surface area contributed by atoms with Gasteiger partial charge in [0.1, 0.15) is 5.41 Å². The van der Waals surface area contributed by atoms with Crippen molar-refractivity contribution in [3.63, 3.8) is 0 Å². The molecule has 1 atom stereocenters. The number of hydrogen-bond donors (Lipinski definition) is 0. The predicted molar refractivity (Wildman–Crippen MR) is 110 cm³/mol. The lowest BCUT2D eigenvalue weighted by atomic mass is 9.66. The molecule has 2 aromatic rings. The van der Waals surface area contributed by atoms with Crippen molar-refractivity contribution >= 4 is 18.3 Å². The molecule has 0 aliphatic carbocycles. The molecule has 27 heavy (non-hydrogen) atoms. The highest BCUT2D eigenvalue weighted by Crippen LogP contribution is 2.43. The van der Waals surface area contributed by atoms with Gasteiger partial charge in [-0.1, -0.05) is 60.7 Å². The Bertz CT molecular complexity index is 747. The Balaban J connectivity index is 0.00000261. The van der Waals surface area contributed by atoms with Crippen molar-refractivity contribution in [3.8, 4) is 6.07 Å². The maximum Gasteiger partial charge on any atom is 0.236 e. The molecule has 4 nitrogen and oxygen atoms in total. The second kappa shape index (κ2) is 9.03. The third kappa shape index (κ3) is 4.16. The summed E-state index contributed by atoms with van der Waals surface area (Å²) in [4.78, 5) is 16.3. The summed E-state index contributed by atoms with van der Waals surface area (Å²) in [5.74, 6) is 0.203. The molecule has 0 aromatic heterocycles. The van der Waals surface area contributed by atoms with Crippen LogP contribution in [0.3, 0.4) is 0 Å². The van der Waals surface area contributed by atoms with E-state index in [2.05, 4.69) is 6.07 Å². The largest absolute Gasteiger partial charge is 0.341 e. The Morgan fingerprint density at radius 1 is 1.11 bits per heavy atom. The molecule has 0 saturated carbocycles. The summed E-state index contributed by atoms with van der Waals surface area (Å²) in [6.45, 7) is 1.73. The lowest BCUT2D eigenvalue weighted by molar-refractivity contribution is -0.130. The molecular weight excluding hydrogens is 358 g/mol. The summed E-state index contributed by atoms with van der Waals surface area (Å²) in [5.41, 5.74) is 1.26. The van der Waals surface area contributed by atoms with Crippen molar-refractivity contribution in [3.05, 3.63) is 71.8 Å². The minimum atomic E-state index is -0.740. The molecule has 0 N–H and O–H groups in total. The van der Waals surface area contributed by atoms with Crippen LogP contribution >= 0.6 is 12.4 Å². The number of rotatable bonds is 5. The highest BCUT2D eigenvalue weighted by Gasteiger charge is 2.46. The summed E-state index contributed by atoms with van der Waals surface area (Å²) in [6.07, 6.45) is 0.830. The van der Waals surface area contributed by atoms with E-state index in [9.17, 15) is 10.1 Å². The van der Waals surface area contributed by atoms with E-state index in [4.69, 9.17) is 0 Å². The number of nitriles is 1. The van der Waals surface area contributed by atoms with Crippen molar-refractivity contribution in [2.24, 2.45) is 5.92 Å². The van der Waals surface area contributed by atoms with Crippen molar-refractivity contribution in [2.75, 3.05) is 33.7 Å². The van der Waals surface area contributed by atoms with E-state index in [1.54, 1.807) is 0 Å². The van der Waals surface area contributed by atoms with E-state index in [-0.39, 0.29) is 24.2 Å². The van der Waals surface area contributed by atoms with E-state index in [0.717, 1.165) is 17.5 Å². The van der Waals surface area contributed by atoms with Gasteiger partial charge in [-0.15, -0.1) is 12.4 Å².